The molecule has 0 aliphatic heterocycles. The highest BCUT2D eigenvalue weighted by Crippen LogP contribution is 2.18. The van der Waals surface area contributed by atoms with Crippen molar-refractivity contribution in [2.45, 2.75) is 33.5 Å². The number of nitrogens with one attached hydrogen (secondary N) is 2. The molecule has 0 radical (unpaired) electrons. The van der Waals surface area contributed by atoms with Gasteiger partial charge in [-0.05, 0) is 23.1 Å². The van der Waals surface area contributed by atoms with E-state index in [1.807, 2.05) is 48.5 Å². The standard InChI is InChI=1S/C20H26N2O3/c1-15(2)14-25-19-10-6-5-8-17(19)12-22-20(24)21-11-16-7-3-4-9-18(16)13-23/h3-10,15,23H,11-14H2,1-2H3,(H2,21,22,24). The Labute approximate surface area is 149 Å². The zero-order valence-electron chi connectivity index (χ0n) is 14.8. The van der Waals surface area contributed by atoms with Crippen molar-refractivity contribution in [2.24, 2.45) is 5.92 Å². The van der Waals surface area contributed by atoms with E-state index in [1.54, 1.807) is 0 Å². The van der Waals surface area contributed by atoms with Crippen LogP contribution in [0.2, 0.25) is 0 Å². The van der Waals surface area contributed by atoms with Crippen LogP contribution >= 0.6 is 0 Å². The molecule has 25 heavy (non-hydrogen) atoms. The third kappa shape index (κ3) is 6.12. The lowest BCUT2D eigenvalue weighted by atomic mass is 10.1. The van der Waals surface area contributed by atoms with Crippen molar-refractivity contribution in [3.8, 4) is 5.75 Å². The molecule has 2 amide bonds. The Bertz CT molecular complexity index is 686. The Balaban J connectivity index is 1.86. The van der Waals surface area contributed by atoms with Gasteiger partial charge in [-0.25, -0.2) is 4.79 Å². The van der Waals surface area contributed by atoms with Crippen molar-refractivity contribution in [2.75, 3.05) is 6.61 Å². The molecule has 134 valence electrons. The van der Waals surface area contributed by atoms with E-state index in [0.29, 0.717) is 25.6 Å². The predicted octanol–water partition coefficient (Wildman–Crippen LogP) is 3.21. The van der Waals surface area contributed by atoms with Gasteiger partial charge in [-0.15, -0.1) is 0 Å². The Hall–Kier alpha value is -2.53. The van der Waals surface area contributed by atoms with Gasteiger partial charge < -0.3 is 20.5 Å². The van der Waals surface area contributed by atoms with E-state index < -0.39 is 0 Å². The summed E-state index contributed by atoms with van der Waals surface area (Å²) >= 11 is 0. The zero-order chi connectivity index (χ0) is 18.1. The first-order chi connectivity index (χ1) is 12.1. The molecule has 2 rings (SSSR count). The number of amides is 2. The van der Waals surface area contributed by atoms with E-state index in [2.05, 4.69) is 24.5 Å². The summed E-state index contributed by atoms with van der Waals surface area (Å²) in [5, 5.41) is 15.0. The van der Waals surface area contributed by atoms with Gasteiger partial charge >= 0.3 is 6.03 Å². The lowest BCUT2D eigenvalue weighted by Gasteiger charge is -2.14. The molecule has 5 heteroatoms. The number of aliphatic hydroxyl groups is 1. The van der Waals surface area contributed by atoms with Gasteiger partial charge in [-0.2, -0.15) is 0 Å². The first-order valence-corrected chi connectivity index (χ1v) is 8.50. The van der Waals surface area contributed by atoms with E-state index in [1.165, 1.54) is 0 Å². The Morgan fingerprint density at radius 1 is 0.960 bits per heavy atom. The molecule has 2 aromatic rings. The number of para-hydroxylation sites is 1. The second kappa shape index (κ2) is 9.69. The Morgan fingerprint density at radius 3 is 2.16 bits per heavy atom. The van der Waals surface area contributed by atoms with Gasteiger partial charge in [0.05, 0.1) is 13.2 Å². The van der Waals surface area contributed by atoms with Crippen molar-refractivity contribution >= 4 is 6.03 Å². The molecule has 0 saturated carbocycles. The minimum atomic E-state index is -0.258. The fourth-order valence-corrected chi connectivity index (χ4v) is 2.34. The smallest absolute Gasteiger partial charge is 0.315 e. The first-order valence-electron chi connectivity index (χ1n) is 8.50. The summed E-state index contributed by atoms with van der Waals surface area (Å²) in [6, 6.07) is 14.9. The minimum Gasteiger partial charge on any atom is -0.493 e. The van der Waals surface area contributed by atoms with Crippen LogP contribution in [-0.4, -0.2) is 17.7 Å². The first kappa shape index (κ1) is 18.8. The van der Waals surface area contributed by atoms with E-state index in [9.17, 15) is 9.90 Å². The molecule has 2 aromatic carbocycles. The van der Waals surface area contributed by atoms with Gasteiger partial charge in [0.2, 0.25) is 0 Å². The molecule has 0 aliphatic rings. The second-order valence-electron chi connectivity index (χ2n) is 6.28. The van der Waals surface area contributed by atoms with E-state index in [-0.39, 0.29) is 12.6 Å². The zero-order valence-corrected chi connectivity index (χ0v) is 14.8. The number of ether oxygens (including phenoxy) is 1. The van der Waals surface area contributed by atoms with E-state index in [0.717, 1.165) is 22.4 Å². The van der Waals surface area contributed by atoms with Crippen LogP contribution in [-0.2, 0) is 19.7 Å². The van der Waals surface area contributed by atoms with Crippen LogP contribution in [0.5, 0.6) is 5.75 Å². The third-order valence-corrected chi connectivity index (χ3v) is 3.71. The normalized spacial score (nSPS) is 10.6. The van der Waals surface area contributed by atoms with Crippen LogP contribution in [0.1, 0.15) is 30.5 Å². The number of hydrogen-bond donors (Lipinski definition) is 3. The monoisotopic (exact) mass is 342 g/mol. The number of carbonyl (C=O) groups is 1. The lowest BCUT2D eigenvalue weighted by Crippen LogP contribution is -2.34. The molecule has 0 unspecified atom stereocenters. The van der Waals surface area contributed by atoms with Crippen molar-refractivity contribution in [3.05, 3.63) is 65.2 Å². The maximum atomic E-state index is 12.0. The van der Waals surface area contributed by atoms with Crippen LogP contribution in [0.4, 0.5) is 4.79 Å². The number of benzene rings is 2. The summed E-state index contributed by atoms with van der Waals surface area (Å²) in [5.74, 6) is 1.23. The lowest BCUT2D eigenvalue weighted by molar-refractivity contribution is 0.239. The number of hydrogen-bond acceptors (Lipinski definition) is 3. The fraction of sp³-hybridized carbons (Fsp3) is 0.350. The number of aliphatic hydroxyl groups excluding tert-OH is 1. The summed E-state index contributed by atoms with van der Waals surface area (Å²) in [6.45, 7) is 5.55. The quantitative estimate of drug-likeness (QED) is 0.690. The molecule has 0 aromatic heterocycles. The summed E-state index contributed by atoms with van der Waals surface area (Å²) in [6.07, 6.45) is 0. The molecular weight excluding hydrogens is 316 g/mol. The topological polar surface area (TPSA) is 70.6 Å². The van der Waals surface area contributed by atoms with Gasteiger partial charge in [0.25, 0.3) is 0 Å². The van der Waals surface area contributed by atoms with Gasteiger partial charge in [0, 0.05) is 18.7 Å². The molecule has 0 bridgehead atoms. The van der Waals surface area contributed by atoms with Gasteiger partial charge in [0.15, 0.2) is 0 Å². The molecule has 0 fully saturated rings. The molecule has 5 nitrogen and oxygen atoms in total. The summed E-state index contributed by atoms with van der Waals surface area (Å²) in [7, 11) is 0. The maximum absolute atomic E-state index is 12.0. The molecule has 0 saturated heterocycles. The Kier molecular flexibility index (Phi) is 7.29. The summed E-state index contributed by atoms with van der Waals surface area (Å²) in [5.41, 5.74) is 2.66. The maximum Gasteiger partial charge on any atom is 0.315 e. The van der Waals surface area contributed by atoms with E-state index >= 15 is 0 Å². The largest absolute Gasteiger partial charge is 0.493 e. The SMILES string of the molecule is CC(C)COc1ccccc1CNC(=O)NCc1ccccc1CO. The van der Waals surface area contributed by atoms with Crippen LogP contribution < -0.4 is 15.4 Å². The van der Waals surface area contributed by atoms with Crippen LogP contribution in [0.3, 0.4) is 0 Å². The van der Waals surface area contributed by atoms with Gasteiger partial charge in [-0.3, -0.25) is 0 Å². The average Bonchev–Trinajstić information content (AvgIpc) is 2.63. The van der Waals surface area contributed by atoms with Crippen molar-refractivity contribution in [3.63, 3.8) is 0 Å². The second-order valence-corrected chi connectivity index (χ2v) is 6.28. The van der Waals surface area contributed by atoms with Gasteiger partial charge in [-0.1, -0.05) is 56.3 Å². The number of rotatable bonds is 8. The van der Waals surface area contributed by atoms with Gasteiger partial charge in [0.1, 0.15) is 5.75 Å². The minimum absolute atomic E-state index is 0.0416. The highest BCUT2D eigenvalue weighted by atomic mass is 16.5. The number of urea groups is 1. The fourth-order valence-electron chi connectivity index (χ4n) is 2.34. The highest BCUT2D eigenvalue weighted by molar-refractivity contribution is 5.74. The van der Waals surface area contributed by atoms with Crippen LogP contribution in [0.15, 0.2) is 48.5 Å². The molecular formula is C20H26N2O3. The predicted molar refractivity (Wildman–Crippen MR) is 98.2 cm³/mol. The average molecular weight is 342 g/mol. The molecule has 0 heterocycles. The molecule has 0 atom stereocenters. The summed E-state index contributed by atoms with van der Waals surface area (Å²) in [4.78, 5) is 12.0. The van der Waals surface area contributed by atoms with Crippen LogP contribution in [0.25, 0.3) is 0 Å². The third-order valence-electron chi connectivity index (χ3n) is 3.71. The van der Waals surface area contributed by atoms with Crippen molar-refractivity contribution < 1.29 is 14.6 Å². The highest BCUT2D eigenvalue weighted by Gasteiger charge is 2.07. The van der Waals surface area contributed by atoms with Crippen molar-refractivity contribution in [1.82, 2.24) is 10.6 Å². The number of carbonyl (C=O) groups excluding carboxylic acids is 1. The molecule has 0 aliphatic carbocycles. The molecule has 0 spiro atoms. The summed E-state index contributed by atoms with van der Waals surface area (Å²) < 4.78 is 5.79. The van der Waals surface area contributed by atoms with E-state index in [4.69, 9.17) is 4.74 Å². The van der Waals surface area contributed by atoms with Crippen LogP contribution in [0, 0.1) is 5.92 Å². The van der Waals surface area contributed by atoms with Crippen molar-refractivity contribution in [1.29, 1.82) is 0 Å². The molecule has 3 N–H and O–H groups in total. The Morgan fingerprint density at radius 2 is 1.52 bits per heavy atom.